The highest BCUT2D eigenvalue weighted by Crippen LogP contribution is 2.58. The normalized spacial score (nSPS) is 12.7. The van der Waals surface area contributed by atoms with E-state index >= 15 is 4.57 Å². The average Bonchev–Trinajstić information content (AvgIpc) is 2.80. The molecular weight excluding hydrogens is 395 g/mol. The summed E-state index contributed by atoms with van der Waals surface area (Å²) in [6, 6.07) is 36.6. The van der Waals surface area contributed by atoms with Crippen LogP contribution in [-0.2, 0) is 4.57 Å². The molecule has 4 aromatic carbocycles. The minimum absolute atomic E-state index is 0.266. The van der Waals surface area contributed by atoms with E-state index < -0.39 is 7.14 Å². The molecule has 0 bridgehead atoms. The zero-order valence-electron chi connectivity index (χ0n) is 18.0. The van der Waals surface area contributed by atoms with Crippen molar-refractivity contribution in [3.05, 3.63) is 138 Å². The van der Waals surface area contributed by atoms with Crippen molar-refractivity contribution in [1.82, 2.24) is 0 Å². The molecule has 0 spiro atoms. The van der Waals surface area contributed by atoms with Gasteiger partial charge in [-0.05, 0) is 25.0 Å². The number of hydrogen-bond donors (Lipinski definition) is 0. The Labute approximate surface area is 185 Å². The van der Waals surface area contributed by atoms with Gasteiger partial charge < -0.3 is 4.57 Å². The van der Waals surface area contributed by atoms with E-state index in [9.17, 15) is 0 Å². The number of rotatable bonds is 6. The standard InChI is InChI=1S/C29H27OP/c1-23-11-9-13-25(21-23)19-20-29(26-14-10-12-24(2)22-26)31(30,27-15-5-3-6-16-27)28-17-7-4-8-18-28/h3-22,29H,1-2H3/b20-19+. The van der Waals surface area contributed by atoms with Gasteiger partial charge in [-0.2, -0.15) is 0 Å². The molecule has 0 aliphatic rings. The maximum Gasteiger partial charge on any atom is 0.153 e. The summed E-state index contributed by atoms with van der Waals surface area (Å²) >= 11 is 0. The Hall–Kier alpha value is -3.15. The zero-order chi connectivity index (χ0) is 21.7. The number of hydrogen-bond acceptors (Lipinski definition) is 1. The van der Waals surface area contributed by atoms with Crippen LogP contribution in [0.2, 0.25) is 0 Å². The van der Waals surface area contributed by atoms with Gasteiger partial charge in [0.2, 0.25) is 0 Å². The minimum atomic E-state index is -3.01. The summed E-state index contributed by atoms with van der Waals surface area (Å²) in [5, 5.41) is 1.75. The van der Waals surface area contributed by atoms with E-state index in [2.05, 4.69) is 74.5 Å². The van der Waals surface area contributed by atoms with E-state index in [1.807, 2.05) is 60.7 Å². The fraction of sp³-hybridized carbons (Fsp3) is 0.103. The molecule has 0 saturated carbocycles. The molecule has 0 fully saturated rings. The second-order valence-corrected chi connectivity index (χ2v) is 10.9. The predicted octanol–water partition coefficient (Wildman–Crippen LogP) is 7.07. The SMILES string of the molecule is Cc1cccc(/C=C/C(c2cccc(C)c2)P(=O)(c2ccccc2)c2ccccc2)c1. The zero-order valence-corrected chi connectivity index (χ0v) is 18.9. The lowest BCUT2D eigenvalue weighted by molar-refractivity contribution is 0.583. The van der Waals surface area contributed by atoms with E-state index in [1.165, 1.54) is 11.1 Å². The summed E-state index contributed by atoms with van der Waals surface area (Å²) < 4.78 is 15.1. The first-order valence-electron chi connectivity index (χ1n) is 10.6. The average molecular weight is 423 g/mol. The summed E-state index contributed by atoms with van der Waals surface area (Å²) in [6.07, 6.45) is 4.24. The number of benzene rings is 4. The van der Waals surface area contributed by atoms with Gasteiger partial charge in [0.1, 0.15) is 0 Å². The summed E-state index contributed by atoms with van der Waals surface area (Å²) in [5.41, 5.74) is 4.30. The number of aryl methyl sites for hydroxylation is 2. The molecule has 4 aromatic rings. The van der Waals surface area contributed by atoms with Crippen molar-refractivity contribution < 1.29 is 4.57 Å². The molecule has 0 aliphatic heterocycles. The van der Waals surface area contributed by atoms with Crippen LogP contribution < -0.4 is 10.6 Å². The van der Waals surface area contributed by atoms with Crippen LogP contribution in [0.3, 0.4) is 0 Å². The highest BCUT2D eigenvalue weighted by atomic mass is 31.2. The van der Waals surface area contributed by atoms with E-state index in [0.29, 0.717) is 0 Å². The van der Waals surface area contributed by atoms with Crippen LogP contribution in [0.25, 0.3) is 6.08 Å². The first kappa shape index (κ1) is 21.1. The van der Waals surface area contributed by atoms with E-state index in [1.54, 1.807) is 0 Å². The molecule has 4 rings (SSSR count). The van der Waals surface area contributed by atoms with Crippen molar-refractivity contribution in [3.8, 4) is 0 Å². The van der Waals surface area contributed by atoms with Crippen molar-refractivity contribution in [2.75, 3.05) is 0 Å². The summed E-state index contributed by atoms with van der Waals surface area (Å²) in [6.45, 7) is 4.18. The first-order valence-corrected chi connectivity index (χ1v) is 12.4. The van der Waals surface area contributed by atoms with Gasteiger partial charge in [0.05, 0.1) is 5.66 Å². The van der Waals surface area contributed by atoms with Gasteiger partial charge in [0.15, 0.2) is 7.14 Å². The smallest absolute Gasteiger partial charge is 0.153 e. The summed E-state index contributed by atoms with van der Waals surface area (Å²) in [5.74, 6) is 0. The highest BCUT2D eigenvalue weighted by molar-refractivity contribution is 7.79. The Kier molecular flexibility index (Phi) is 6.35. The van der Waals surface area contributed by atoms with Gasteiger partial charge >= 0.3 is 0 Å². The molecule has 2 heteroatoms. The lowest BCUT2D eigenvalue weighted by Gasteiger charge is -2.27. The van der Waals surface area contributed by atoms with Gasteiger partial charge in [-0.25, -0.2) is 0 Å². The molecule has 1 nitrogen and oxygen atoms in total. The van der Waals surface area contributed by atoms with Crippen LogP contribution >= 0.6 is 7.14 Å². The van der Waals surface area contributed by atoms with Crippen LogP contribution in [0.4, 0.5) is 0 Å². The van der Waals surface area contributed by atoms with Crippen molar-refractivity contribution in [1.29, 1.82) is 0 Å². The Bertz CT molecular complexity index is 1180. The molecule has 1 atom stereocenters. The van der Waals surface area contributed by atoms with Crippen molar-refractivity contribution in [2.45, 2.75) is 19.5 Å². The third-order valence-electron chi connectivity index (χ3n) is 5.57. The topological polar surface area (TPSA) is 17.1 Å². The van der Waals surface area contributed by atoms with Gasteiger partial charge in [-0.3, -0.25) is 0 Å². The number of allylic oxidation sites excluding steroid dienone is 1. The molecule has 0 aliphatic carbocycles. The Balaban J connectivity index is 1.93. The van der Waals surface area contributed by atoms with Crippen molar-refractivity contribution in [3.63, 3.8) is 0 Å². The molecule has 0 heterocycles. The third-order valence-corrected chi connectivity index (χ3v) is 8.95. The first-order chi connectivity index (χ1) is 15.1. The third kappa shape index (κ3) is 4.63. The monoisotopic (exact) mass is 422 g/mol. The Morgan fingerprint density at radius 3 is 1.74 bits per heavy atom. The Morgan fingerprint density at radius 1 is 0.645 bits per heavy atom. The molecular formula is C29H27OP. The van der Waals surface area contributed by atoms with E-state index in [0.717, 1.165) is 21.7 Å². The molecule has 1 unspecified atom stereocenters. The molecule has 154 valence electrons. The maximum atomic E-state index is 15.1. The van der Waals surface area contributed by atoms with E-state index in [4.69, 9.17) is 0 Å². The van der Waals surface area contributed by atoms with Crippen LogP contribution in [0.15, 0.2) is 115 Å². The second kappa shape index (κ2) is 9.33. The van der Waals surface area contributed by atoms with Crippen molar-refractivity contribution in [2.24, 2.45) is 0 Å². The predicted molar refractivity (Wildman–Crippen MR) is 134 cm³/mol. The van der Waals surface area contributed by atoms with Crippen LogP contribution in [0, 0.1) is 13.8 Å². The fourth-order valence-corrected chi connectivity index (χ4v) is 7.12. The summed E-state index contributed by atoms with van der Waals surface area (Å²) in [4.78, 5) is 0. The van der Waals surface area contributed by atoms with Crippen LogP contribution in [-0.4, -0.2) is 0 Å². The second-order valence-electron chi connectivity index (χ2n) is 7.96. The van der Waals surface area contributed by atoms with Gasteiger partial charge in [-0.15, -0.1) is 0 Å². The quantitative estimate of drug-likeness (QED) is 0.304. The van der Waals surface area contributed by atoms with E-state index in [-0.39, 0.29) is 5.66 Å². The Morgan fingerprint density at radius 2 is 1.19 bits per heavy atom. The lowest BCUT2D eigenvalue weighted by atomic mass is 10.1. The molecule has 31 heavy (non-hydrogen) atoms. The lowest BCUT2D eigenvalue weighted by Crippen LogP contribution is -2.20. The molecule has 0 aromatic heterocycles. The van der Waals surface area contributed by atoms with Crippen LogP contribution in [0.1, 0.15) is 27.9 Å². The molecule has 0 radical (unpaired) electrons. The fourth-order valence-electron chi connectivity index (χ4n) is 4.04. The van der Waals surface area contributed by atoms with Gasteiger partial charge in [0, 0.05) is 10.6 Å². The summed E-state index contributed by atoms with van der Waals surface area (Å²) in [7, 11) is -3.01. The molecule has 0 saturated heterocycles. The van der Waals surface area contributed by atoms with Gasteiger partial charge in [0.25, 0.3) is 0 Å². The molecule has 0 N–H and O–H groups in total. The van der Waals surface area contributed by atoms with Crippen molar-refractivity contribution >= 4 is 23.8 Å². The van der Waals surface area contributed by atoms with Crippen LogP contribution in [0.5, 0.6) is 0 Å². The van der Waals surface area contributed by atoms with Gasteiger partial charge in [-0.1, -0.05) is 132 Å². The largest absolute Gasteiger partial charge is 0.313 e. The maximum absolute atomic E-state index is 15.1. The highest BCUT2D eigenvalue weighted by Gasteiger charge is 2.36. The molecule has 0 amide bonds. The minimum Gasteiger partial charge on any atom is -0.313 e.